The van der Waals surface area contributed by atoms with E-state index in [-0.39, 0.29) is 5.78 Å². The fraction of sp³-hybridized carbons (Fsp3) is 0. The number of nitrogens with zero attached hydrogens (tertiary/aromatic N) is 2. The zero-order valence-corrected chi connectivity index (χ0v) is 9.42. The Morgan fingerprint density at radius 2 is 1.89 bits per heavy atom. The molecule has 0 saturated heterocycles. The number of hydrogen-bond donors (Lipinski definition) is 0. The molecule has 18 heavy (non-hydrogen) atoms. The second-order valence-corrected chi connectivity index (χ2v) is 4.29. The number of carbonyl (C=O) groups is 1. The fourth-order valence-electron chi connectivity index (χ4n) is 2.45. The van der Waals surface area contributed by atoms with Crippen molar-refractivity contribution in [2.24, 2.45) is 0 Å². The molecule has 1 aliphatic rings. The number of hydrogen-bond acceptors (Lipinski definition) is 3. The lowest BCUT2D eigenvalue weighted by Crippen LogP contribution is -2.04. The van der Waals surface area contributed by atoms with E-state index in [2.05, 4.69) is 9.97 Å². The maximum Gasteiger partial charge on any atom is 0.186 e. The molecule has 4 rings (SSSR count). The first-order chi connectivity index (χ1) is 8.84. The van der Waals surface area contributed by atoms with Gasteiger partial charge in [-0.3, -0.25) is 9.78 Å². The van der Waals surface area contributed by atoms with Crippen molar-refractivity contribution < 1.29 is 4.79 Å². The third-order valence-electron chi connectivity index (χ3n) is 3.27. The number of ketones is 1. The zero-order chi connectivity index (χ0) is 12.1. The van der Waals surface area contributed by atoms with Gasteiger partial charge in [-0.25, -0.2) is 4.98 Å². The zero-order valence-electron chi connectivity index (χ0n) is 9.42. The second kappa shape index (κ2) is 3.23. The molecule has 3 aromatic rings. The summed E-state index contributed by atoms with van der Waals surface area (Å²) in [5.41, 5.74) is 3.27. The van der Waals surface area contributed by atoms with Crippen molar-refractivity contribution in [1.82, 2.24) is 9.97 Å². The monoisotopic (exact) mass is 232 g/mol. The van der Waals surface area contributed by atoms with Gasteiger partial charge in [0.05, 0.1) is 16.7 Å². The molecule has 0 spiro atoms. The third-order valence-corrected chi connectivity index (χ3v) is 3.27. The summed E-state index contributed by atoms with van der Waals surface area (Å²) in [7, 11) is 0. The summed E-state index contributed by atoms with van der Waals surface area (Å²) in [6.07, 6.45) is 5.02. The van der Waals surface area contributed by atoms with Gasteiger partial charge in [0, 0.05) is 22.5 Å². The van der Waals surface area contributed by atoms with Gasteiger partial charge in [-0.1, -0.05) is 18.2 Å². The molecule has 0 unspecified atom stereocenters. The van der Waals surface area contributed by atoms with Crippen molar-refractivity contribution in [2.75, 3.05) is 0 Å². The van der Waals surface area contributed by atoms with Crippen LogP contribution in [-0.2, 0) is 0 Å². The average molecular weight is 232 g/mol. The number of carbonyl (C=O) groups excluding carboxylic acids is 1. The summed E-state index contributed by atoms with van der Waals surface area (Å²) in [5.74, 6) is 0.0204. The first kappa shape index (κ1) is 9.48. The quantitative estimate of drug-likeness (QED) is 0.559. The standard InChI is InChI=1S/C15H8N2O/c18-13-6-5-12-14-10(13)7-8-16-15(14)9-3-1-2-4-11(9)17-12/h1-8H. The Labute approximate surface area is 103 Å². The topological polar surface area (TPSA) is 42.9 Å². The Hall–Kier alpha value is -2.55. The van der Waals surface area contributed by atoms with E-state index in [0.29, 0.717) is 5.56 Å². The van der Waals surface area contributed by atoms with Gasteiger partial charge in [0.1, 0.15) is 0 Å². The Bertz CT molecular complexity index is 850. The molecule has 0 bridgehead atoms. The van der Waals surface area contributed by atoms with Crippen LogP contribution < -0.4 is 0 Å². The molecule has 0 aliphatic heterocycles. The first-order valence-electron chi connectivity index (χ1n) is 5.74. The Morgan fingerprint density at radius 1 is 1.00 bits per heavy atom. The maximum atomic E-state index is 11.9. The predicted octanol–water partition coefficient (Wildman–Crippen LogP) is 2.99. The van der Waals surface area contributed by atoms with Crippen molar-refractivity contribution in [3.05, 3.63) is 53.9 Å². The number of benzene rings is 1. The van der Waals surface area contributed by atoms with Gasteiger partial charge < -0.3 is 0 Å². The smallest absolute Gasteiger partial charge is 0.186 e. The van der Waals surface area contributed by atoms with Crippen LogP contribution in [-0.4, -0.2) is 15.8 Å². The van der Waals surface area contributed by atoms with Gasteiger partial charge in [-0.15, -0.1) is 0 Å². The van der Waals surface area contributed by atoms with E-state index in [1.165, 1.54) is 0 Å². The van der Waals surface area contributed by atoms with Crippen LogP contribution in [0.15, 0.2) is 42.6 Å². The lowest BCUT2D eigenvalue weighted by Gasteiger charge is -2.12. The highest BCUT2D eigenvalue weighted by Gasteiger charge is 2.18. The molecule has 0 fully saturated rings. The highest BCUT2D eigenvalue weighted by Crippen LogP contribution is 2.30. The summed E-state index contributed by atoms with van der Waals surface area (Å²) in [6, 6.07) is 9.62. The normalized spacial score (nSPS) is 13.4. The van der Waals surface area contributed by atoms with E-state index in [1.54, 1.807) is 24.4 Å². The molecule has 0 saturated carbocycles. The van der Waals surface area contributed by atoms with Crippen LogP contribution >= 0.6 is 0 Å². The van der Waals surface area contributed by atoms with Crippen LogP contribution in [0.5, 0.6) is 0 Å². The van der Waals surface area contributed by atoms with E-state index in [0.717, 1.165) is 27.5 Å². The first-order valence-corrected chi connectivity index (χ1v) is 5.74. The molecule has 2 aromatic heterocycles. The molecule has 1 aliphatic carbocycles. The molecule has 0 atom stereocenters. The van der Waals surface area contributed by atoms with Gasteiger partial charge in [0.25, 0.3) is 0 Å². The molecule has 2 heterocycles. The summed E-state index contributed by atoms with van der Waals surface area (Å²) in [6.45, 7) is 0. The Morgan fingerprint density at radius 3 is 2.83 bits per heavy atom. The van der Waals surface area contributed by atoms with E-state index in [9.17, 15) is 4.79 Å². The van der Waals surface area contributed by atoms with E-state index < -0.39 is 0 Å². The number of fused-ring (bicyclic) bond motifs is 2. The van der Waals surface area contributed by atoms with E-state index >= 15 is 0 Å². The molecule has 0 amide bonds. The van der Waals surface area contributed by atoms with Gasteiger partial charge in [0.2, 0.25) is 0 Å². The Balaban J connectivity index is 2.35. The molecule has 0 N–H and O–H groups in total. The molecule has 1 aromatic carbocycles. The number of para-hydroxylation sites is 1. The lowest BCUT2D eigenvalue weighted by atomic mass is 9.97. The van der Waals surface area contributed by atoms with Crippen LogP contribution in [0, 0.1) is 0 Å². The summed E-state index contributed by atoms with van der Waals surface area (Å²) >= 11 is 0. The summed E-state index contributed by atoms with van der Waals surface area (Å²) in [5, 5.41) is 1.85. The van der Waals surface area contributed by atoms with Crippen molar-refractivity contribution in [3.8, 4) is 0 Å². The van der Waals surface area contributed by atoms with Crippen molar-refractivity contribution in [3.63, 3.8) is 0 Å². The van der Waals surface area contributed by atoms with Crippen molar-refractivity contribution >= 4 is 33.7 Å². The van der Waals surface area contributed by atoms with Crippen LogP contribution in [0.25, 0.3) is 27.9 Å². The van der Waals surface area contributed by atoms with Gasteiger partial charge >= 0.3 is 0 Å². The molecule has 3 heteroatoms. The molecular weight excluding hydrogens is 224 g/mol. The second-order valence-electron chi connectivity index (χ2n) is 4.29. The largest absolute Gasteiger partial charge is 0.289 e. The minimum absolute atomic E-state index is 0.0204. The average Bonchev–Trinajstić information content (AvgIpc) is 2.43. The summed E-state index contributed by atoms with van der Waals surface area (Å²) in [4.78, 5) is 20.9. The Kier molecular flexibility index (Phi) is 1.70. The summed E-state index contributed by atoms with van der Waals surface area (Å²) < 4.78 is 0. The van der Waals surface area contributed by atoms with E-state index in [4.69, 9.17) is 0 Å². The SMILES string of the molecule is O=C1C=Cc2nc3ccccc3c3nccc1c23. The van der Waals surface area contributed by atoms with Crippen LogP contribution in [0.2, 0.25) is 0 Å². The lowest BCUT2D eigenvalue weighted by molar-refractivity contribution is 0.104. The van der Waals surface area contributed by atoms with E-state index in [1.807, 2.05) is 24.3 Å². The van der Waals surface area contributed by atoms with Crippen molar-refractivity contribution in [1.29, 1.82) is 0 Å². The predicted molar refractivity (Wildman–Crippen MR) is 70.4 cm³/mol. The van der Waals surface area contributed by atoms with Gasteiger partial charge in [-0.2, -0.15) is 0 Å². The molecular formula is C15H8N2O. The van der Waals surface area contributed by atoms with Crippen LogP contribution in [0.4, 0.5) is 0 Å². The number of aromatic nitrogens is 2. The minimum atomic E-state index is 0.0204. The van der Waals surface area contributed by atoms with Gasteiger partial charge in [0.15, 0.2) is 5.78 Å². The fourth-order valence-corrected chi connectivity index (χ4v) is 2.45. The minimum Gasteiger partial charge on any atom is -0.289 e. The third kappa shape index (κ3) is 1.10. The highest BCUT2D eigenvalue weighted by molar-refractivity contribution is 6.22. The highest BCUT2D eigenvalue weighted by atomic mass is 16.1. The van der Waals surface area contributed by atoms with Crippen LogP contribution in [0.3, 0.4) is 0 Å². The molecule has 84 valence electrons. The van der Waals surface area contributed by atoms with Gasteiger partial charge in [-0.05, 0) is 24.3 Å². The maximum absolute atomic E-state index is 11.9. The number of pyridine rings is 2. The number of allylic oxidation sites excluding steroid dienone is 1. The van der Waals surface area contributed by atoms with Crippen LogP contribution in [0.1, 0.15) is 16.1 Å². The van der Waals surface area contributed by atoms with Crippen molar-refractivity contribution in [2.45, 2.75) is 0 Å². The molecule has 3 nitrogen and oxygen atoms in total. The number of rotatable bonds is 0. The molecule has 0 radical (unpaired) electrons.